The summed E-state index contributed by atoms with van der Waals surface area (Å²) in [5.74, 6) is 0.372. The summed E-state index contributed by atoms with van der Waals surface area (Å²) in [6.07, 6.45) is 6.92. The second kappa shape index (κ2) is 7.77. The number of hydrogen-bond acceptors (Lipinski definition) is 5. The number of nitrogen functional groups attached to an aromatic ring is 1. The van der Waals surface area contributed by atoms with Gasteiger partial charge in [0.25, 0.3) is 5.91 Å². The molecule has 2 heterocycles. The highest BCUT2D eigenvalue weighted by atomic mass is 16.2. The lowest BCUT2D eigenvalue weighted by molar-refractivity contribution is 0.0752. The van der Waals surface area contributed by atoms with Crippen molar-refractivity contribution in [1.82, 2.24) is 24.6 Å². The third kappa shape index (κ3) is 3.88. The van der Waals surface area contributed by atoms with E-state index in [9.17, 15) is 4.79 Å². The van der Waals surface area contributed by atoms with E-state index in [0.717, 1.165) is 23.4 Å². The maximum absolute atomic E-state index is 12.8. The molecule has 0 radical (unpaired) electrons. The van der Waals surface area contributed by atoms with Gasteiger partial charge in [-0.05, 0) is 26.0 Å². The molecule has 0 atom stereocenters. The Balaban J connectivity index is 1.74. The van der Waals surface area contributed by atoms with Crippen LogP contribution in [-0.2, 0) is 13.1 Å². The van der Waals surface area contributed by atoms with E-state index in [4.69, 9.17) is 5.73 Å². The molecule has 3 aromatic rings. The zero-order valence-electron chi connectivity index (χ0n) is 15.0. The molecule has 7 nitrogen and oxygen atoms in total. The molecule has 0 saturated carbocycles. The molecule has 0 unspecified atom stereocenters. The van der Waals surface area contributed by atoms with Gasteiger partial charge < -0.3 is 10.6 Å². The van der Waals surface area contributed by atoms with Crippen molar-refractivity contribution < 1.29 is 4.79 Å². The Morgan fingerprint density at radius 2 is 1.88 bits per heavy atom. The number of rotatable bonds is 6. The molecular weight excluding hydrogens is 328 g/mol. The third-order valence-corrected chi connectivity index (χ3v) is 4.15. The number of anilines is 1. The summed E-state index contributed by atoms with van der Waals surface area (Å²) < 4.78 is 1.86. The number of nitrogens with zero attached hydrogens (tertiary/aromatic N) is 5. The van der Waals surface area contributed by atoms with Crippen molar-refractivity contribution in [2.24, 2.45) is 0 Å². The quantitative estimate of drug-likeness (QED) is 0.738. The first kappa shape index (κ1) is 17.6. The Morgan fingerprint density at radius 3 is 2.46 bits per heavy atom. The number of aryl methyl sites for hydroxylation is 1. The van der Waals surface area contributed by atoms with Crippen molar-refractivity contribution in [2.75, 3.05) is 12.3 Å². The highest BCUT2D eigenvalue weighted by Crippen LogP contribution is 2.18. The Bertz CT molecular complexity index is 870. The fraction of sp³-hybridized carbons (Fsp3) is 0.263. The number of amides is 1. The minimum absolute atomic E-state index is 0.00770. The van der Waals surface area contributed by atoms with Crippen LogP contribution in [0, 0.1) is 0 Å². The van der Waals surface area contributed by atoms with Gasteiger partial charge in [0.05, 0.1) is 24.3 Å². The Hall–Kier alpha value is -3.22. The first-order valence-electron chi connectivity index (χ1n) is 8.59. The molecule has 0 saturated heterocycles. The lowest BCUT2D eigenvalue weighted by Crippen LogP contribution is -2.30. The molecule has 1 amide bonds. The van der Waals surface area contributed by atoms with Crippen molar-refractivity contribution >= 4 is 11.7 Å². The SMILES string of the molecule is CCN(Cc1cnn(CC)c1)C(=O)c1ccc(-c2cnc(N)cn2)cc1. The predicted octanol–water partition coefficient (Wildman–Crippen LogP) is 2.60. The fourth-order valence-corrected chi connectivity index (χ4v) is 2.66. The van der Waals surface area contributed by atoms with E-state index in [2.05, 4.69) is 15.1 Å². The van der Waals surface area contributed by atoms with Crippen molar-refractivity contribution in [2.45, 2.75) is 26.9 Å². The monoisotopic (exact) mass is 350 g/mol. The van der Waals surface area contributed by atoms with E-state index in [1.807, 2.05) is 55.2 Å². The molecular formula is C19H22N6O. The van der Waals surface area contributed by atoms with Crippen molar-refractivity contribution in [3.8, 4) is 11.3 Å². The van der Waals surface area contributed by atoms with Gasteiger partial charge in [-0.3, -0.25) is 14.5 Å². The van der Waals surface area contributed by atoms with Gasteiger partial charge in [0.2, 0.25) is 0 Å². The molecule has 0 aliphatic carbocycles. The molecule has 0 bridgehead atoms. The number of hydrogen-bond donors (Lipinski definition) is 1. The lowest BCUT2D eigenvalue weighted by atomic mass is 10.1. The van der Waals surface area contributed by atoms with E-state index in [1.165, 1.54) is 6.20 Å². The van der Waals surface area contributed by atoms with Crippen molar-refractivity contribution in [1.29, 1.82) is 0 Å². The molecule has 134 valence electrons. The van der Waals surface area contributed by atoms with E-state index in [1.54, 1.807) is 11.1 Å². The van der Waals surface area contributed by atoms with Crippen LogP contribution in [0.5, 0.6) is 0 Å². The molecule has 0 aliphatic rings. The number of carbonyl (C=O) groups is 1. The molecule has 7 heteroatoms. The highest BCUT2D eigenvalue weighted by molar-refractivity contribution is 5.94. The highest BCUT2D eigenvalue weighted by Gasteiger charge is 2.15. The fourth-order valence-electron chi connectivity index (χ4n) is 2.66. The Morgan fingerprint density at radius 1 is 1.12 bits per heavy atom. The standard InChI is InChI=1S/C19H22N6O/c1-3-24(12-14-9-23-25(4-2)13-14)19(26)16-7-5-15(6-8-16)17-10-22-18(20)11-21-17/h5-11,13H,3-4,12H2,1-2H3,(H2,20,22). The van der Waals surface area contributed by atoms with Gasteiger partial charge in [0, 0.05) is 42.5 Å². The Kier molecular flexibility index (Phi) is 5.26. The van der Waals surface area contributed by atoms with Crippen LogP contribution in [0.4, 0.5) is 5.82 Å². The van der Waals surface area contributed by atoms with Gasteiger partial charge in [0.1, 0.15) is 5.82 Å². The third-order valence-electron chi connectivity index (χ3n) is 4.15. The van der Waals surface area contributed by atoms with Crippen LogP contribution in [0.3, 0.4) is 0 Å². The van der Waals surface area contributed by atoms with Crippen LogP contribution in [0.2, 0.25) is 0 Å². The van der Waals surface area contributed by atoms with Crippen molar-refractivity contribution in [3.63, 3.8) is 0 Å². The minimum Gasteiger partial charge on any atom is -0.382 e. The lowest BCUT2D eigenvalue weighted by Gasteiger charge is -2.20. The van der Waals surface area contributed by atoms with Gasteiger partial charge in [0.15, 0.2) is 0 Å². The largest absolute Gasteiger partial charge is 0.382 e. The second-order valence-electron chi connectivity index (χ2n) is 5.93. The maximum atomic E-state index is 12.8. The first-order chi connectivity index (χ1) is 12.6. The first-order valence-corrected chi connectivity index (χ1v) is 8.59. The van der Waals surface area contributed by atoms with Crippen LogP contribution in [0.15, 0.2) is 49.1 Å². The van der Waals surface area contributed by atoms with Crippen LogP contribution in [0.25, 0.3) is 11.3 Å². The normalized spacial score (nSPS) is 10.7. The second-order valence-corrected chi connectivity index (χ2v) is 5.93. The summed E-state index contributed by atoms with van der Waals surface area (Å²) in [5.41, 5.74) is 8.84. The van der Waals surface area contributed by atoms with Gasteiger partial charge in [-0.1, -0.05) is 12.1 Å². The number of benzene rings is 1. The van der Waals surface area contributed by atoms with Gasteiger partial charge in [-0.2, -0.15) is 5.10 Å². The number of carbonyl (C=O) groups excluding carboxylic acids is 1. The van der Waals surface area contributed by atoms with Crippen LogP contribution in [-0.4, -0.2) is 37.1 Å². The minimum atomic E-state index is -0.00770. The summed E-state index contributed by atoms with van der Waals surface area (Å²) in [7, 11) is 0. The summed E-state index contributed by atoms with van der Waals surface area (Å²) in [6, 6.07) is 7.37. The van der Waals surface area contributed by atoms with E-state index in [0.29, 0.717) is 24.5 Å². The maximum Gasteiger partial charge on any atom is 0.254 e. The van der Waals surface area contributed by atoms with Crippen LogP contribution in [0.1, 0.15) is 29.8 Å². The molecule has 2 aromatic heterocycles. The molecule has 1 aromatic carbocycles. The van der Waals surface area contributed by atoms with E-state index < -0.39 is 0 Å². The summed E-state index contributed by atoms with van der Waals surface area (Å²) >= 11 is 0. The summed E-state index contributed by atoms with van der Waals surface area (Å²) in [5, 5.41) is 4.26. The summed E-state index contributed by atoms with van der Waals surface area (Å²) in [6.45, 7) is 5.99. The Labute approximate surface area is 152 Å². The van der Waals surface area contributed by atoms with Gasteiger partial charge in [-0.15, -0.1) is 0 Å². The molecule has 0 spiro atoms. The van der Waals surface area contributed by atoms with Gasteiger partial charge in [-0.25, -0.2) is 4.98 Å². The average Bonchev–Trinajstić information content (AvgIpc) is 3.14. The molecule has 0 aliphatic heterocycles. The molecule has 3 rings (SSSR count). The summed E-state index contributed by atoms with van der Waals surface area (Å²) in [4.78, 5) is 22.9. The topological polar surface area (TPSA) is 89.9 Å². The van der Waals surface area contributed by atoms with E-state index in [-0.39, 0.29) is 5.91 Å². The predicted molar refractivity (Wildman–Crippen MR) is 100 cm³/mol. The molecule has 26 heavy (non-hydrogen) atoms. The average molecular weight is 350 g/mol. The smallest absolute Gasteiger partial charge is 0.254 e. The van der Waals surface area contributed by atoms with Crippen molar-refractivity contribution in [3.05, 3.63) is 60.2 Å². The van der Waals surface area contributed by atoms with Gasteiger partial charge >= 0.3 is 0 Å². The number of nitrogens with two attached hydrogens (primary N) is 1. The van der Waals surface area contributed by atoms with E-state index >= 15 is 0 Å². The zero-order chi connectivity index (χ0) is 18.5. The molecule has 2 N–H and O–H groups in total. The number of aromatic nitrogens is 4. The van der Waals surface area contributed by atoms with Crippen LogP contribution < -0.4 is 5.73 Å². The molecule has 0 fully saturated rings. The zero-order valence-corrected chi connectivity index (χ0v) is 15.0. The van der Waals surface area contributed by atoms with Crippen LogP contribution >= 0.6 is 0 Å².